The Hall–Kier alpha value is -2.48. The smallest absolute Gasteiger partial charge is 0.123 e. The normalized spacial score (nSPS) is 10.9. The highest BCUT2D eigenvalue weighted by molar-refractivity contribution is 7.95. The van der Waals surface area contributed by atoms with E-state index in [9.17, 15) is 4.39 Å². The Morgan fingerprint density at radius 3 is 1.69 bits per heavy atom. The molecule has 4 aromatic carbocycles. The summed E-state index contributed by atoms with van der Waals surface area (Å²) in [5, 5.41) is 3.99. The first kappa shape index (κ1) is 24.2. The molecule has 0 amide bonds. The molecule has 1 nitrogen and oxygen atoms in total. The fourth-order valence-corrected chi connectivity index (χ4v) is 8.41. The highest BCUT2D eigenvalue weighted by Crippen LogP contribution is 2.58. The van der Waals surface area contributed by atoms with Crippen molar-refractivity contribution in [3.05, 3.63) is 120 Å². The van der Waals surface area contributed by atoms with Crippen LogP contribution in [0.15, 0.2) is 109 Å². The minimum absolute atomic E-state index is 0. The van der Waals surface area contributed by atoms with Crippen LogP contribution in [-0.4, -0.2) is 13.3 Å². The van der Waals surface area contributed by atoms with Gasteiger partial charge >= 0.3 is 0 Å². The van der Waals surface area contributed by atoms with E-state index in [4.69, 9.17) is 4.74 Å². The molecule has 0 saturated heterocycles. The number of hydrogen-bond acceptors (Lipinski definition) is 1. The average molecular weight is 509 g/mol. The number of ether oxygens (including phenoxy) is 1. The quantitative estimate of drug-likeness (QED) is 0.332. The third-order valence-electron chi connectivity index (χ3n) is 5.69. The number of aryl methyl sites for hydroxylation is 1. The van der Waals surface area contributed by atoms with Crippen molar-refractivity contribution in [1.82, 2.24) is 0 Å². The van der Waals surface area contributed by atoms with Crippen molar-refractivity contribution in [3.8, 4) is 5.75 Å². The van der Waals surface area contributed by atoms with E-state index < -0.39 is 13.9 Å². The van der Waals surface area contributed by atoms with Crippen molar-refractivity contribution in [2.45, 2.75) is 13.1 Å². The van der Waals surface area contributed by atoms with Gasteiger partial charge in [0, 0.05) is 0 Å². The second-order valence-electron chi connectivity index (χ2n) is 7.60. The molecule has 4 aromatic rings. The Morgan fingerprint density at radius 2 is 1.16 bits per heavy atom. The first-order valence-corrected chi connectivity index (χ1v) is 12.5. The third-order valence-corrected chi connectivity index (χ3v) is 10.0. The molecule has 4 rings (SSSR count). The Labute approximate surface area is 201 Å². The first-order valence-electron chi connectivity index (χ1n) is 10.6. The lowest BCUT2D eigenvalue weighted by molar-refractivity contribution is -0.00000694. The van der Waals surface area contributed by atoms with Gasteiger partial charge in [-0.1, -0.05) is 60.7 Å². The highest BCUT2D eigenvalue weighted by Gasteiger charge is 2.45. The predicted octanol–water partition coefficient (Wildman–Crippen LogP) is 2.84. The fourth-order valence-electron chi connectivity index (χ4n) is 4.08. The second kappa shape index (κ2) is 11.4. The summed E-state index contributed by atoms with van der Waals surface area (Å²) in [5.74, 6) is 0.705. The standard InChI is InChI=1S/C28H27FOP.BrH/c1-23-10-8-9-11-24(23)22-31(26-12-4-2-5-13-26,27-14-6-3-7-15-27)28-18-16-25(17-19-28)30-21-20-29;/h2-19H,20-22H2,1H3;1H/q+1;/p-1. The fraction of sp³-hybridized carbons (Fsp3) is 0.143. The van der Waals surface area contributed by atoms with E-state index in [2.05, 4.69) is 104 Å². The Balaban J connectivity index is 0.00000289. The second-order valence-corrected chi connectivity index (χ2v) is 11.1. The Bertz CT molecular complexity index is 1060. The minimum atomic E-state index is -1.98. The zero-order valence-corrected chi connectivity index (χ0v) is 20.6. The minimum Gasteiger partial charge on any atom is -1.00 e. The maximum Gasteiger partial charge on any atom is 0.123 e. The van der Waals surface area contributed by atoms with E-state index in [1.165, 1.54) is 27.0 Å². The summed E-state index contributed by atoms with van der Waals surface area (Å²) in [5.41, 5.74) is 2.67. The van der Waals surface area contributed by atoms with Crippen molar-refractivity contribution < 1.29 is 26.1 Å². The summed E-state index contributed by atoms with van der Waals surface area (Å²) in [7, 11) is -1.98. The molecule has 0 fully saturated rings. The topological polar surface area (TPSA) is 9.23 Å². The molecule has 0 radical (unpaired) electrons. The van der Waals surface area contributed by atoms with E-state index in [-0.39, 0.29) is 23.6 Å². The van der Waals surface area contributed by atoms with Gasteiger partial charge in [0.25, 0.3) is 0 Å². The summed E-state index contributed by atoms with van der Waals surface area (Å²) >= 11 is 0. The van der Waals surface area contributed by atoms with E-state index >= 15 is 0 Å². The van der Waals surface area contributed by atoms with Crippen molar-refractivity contribution in [2.75, 3.05) is 13.3 Å². The van der Waals surface area contributed by atoms with Crippen molar-refractivity contribution in [2.24, 2.45) is 0 Å². The summed E-state index contributed by atoms with van der Waals surface area (Å²) in [6.07, 6.45) is 0.943. The maximum atomic E-state index is 12.6. The molecular formula is C28H27BrFOP. The van der Waals surface area contributed by atoms with Gasteiger partial charge in [0.15, 0.2) is 0 Å². The Morgan fingerprint density at radius 1 is 0.656 bits per heavy atom. The molecule has 164 valence electrons. The van der Waals surface area contributed by atoms with Gasteiger partial charge in [0.2, 0.25) is 0 Å². The number of hydrogen-bond donors (Lipinski definition) is 0. The lowest BCUT2D eigenvalue weighted by atomic mass is 10.1. The van der Waals surface area contributed by atoms with Crippen molar-refractivity contribution in [3.63, 3.8) is 0 Å². The van der Waals surface area contributed by atoms with Crippen LogP contribution >= 0.6 is 7.26 Å². The predicted molar refractivity (Wildman–Crippen MR) is 132 cm³/mol. The summed E-state index contributed by atoms with van der Waals surface area (Å²) in [6, 6.07) is 38.6. The van der Waals surface area contributed by atoms with Gasteiger partial charge in [-0.2, -0.15) is 0 Å². The SMILES string of the molecule is Cc1ccccc1C[P+](c1ccccc1)(c1ccccc1)c1ccc(OCCF)cc1.[Br-]. The number of halogens is 2. The lowest BCUT2D eigenvalue weighted by Crippen LogP contribution is -3.00. The summed E-state index contributed by atoms with van der Waals surface area (Å²) in [6.45, 7) is 1.79. The van der Waals surface area contributed by atoms with E-state index in [1.807, 2.05) is 12.1 Å². The molecule has 0 aromatic heterocycles. The number of alkyl halides is 1. The zero-order chi connectivity index (χ0) is 21.5. The van der Waals surface area contributed by atoms with Gasteiger partial charge in [-0.3, -0.25) is 0 Å². The van der Waals surface area contributed by atoms with Crippen LogP contribution in [0.1, 0.15) is 11.1 Å². The van der Waals surface area contributed by atoms with Gasteiger partial charge < -0.3 is 21.7 Å². The molecule has 0 aliphatic heterocycles. The third kappa shape index (κ3) is 5.11. The van der Waals surface area contributed by atoms with Gasteiger partial charge in [-0.05, 0) is 66.6 Å². The van der Waals surface area contributed by atoms with Crippen molar-refractivity contribution >= 4 is 23.2 Å². The van der Waals surface area contributed by atoms with Crippen LogP contribution in [-0.2, 0) is 6.16 Å². The largest absolute Gasteiger partial charge is 1.00 e. The molecule has 32 heavy (non-hydrogen) atoms. The molecule has 0 heterocycles. The van der Waals surface area contributed by atoms with Gasteiger partial charge in [0.05, 0.1) is 6.16 Å². The maximum absolute atomic E-state index is 12.6. The van der Waals surface area contributed by atoms with Crippen LogP contribution in [0.2, 0.25) is 0 Å². The van der Waals surface area contributed by atoms with Crippen molar-refractivity contribution in [1.29, 1.82) is 0 Å². The van der Waals surface area contributed by atoms with Crippen LogP contribution in [0.5, 0.6) is 5.75 Å². The first-order chi connectivity index (χ1) is 15.2. The van der Waals surface area contributed by atoms with Gasteiger partial charge in [0.1, 0.15) is 42.2 Å². The van der Waals surface area contributed by atoms with E-state index in [1.54, 1.807) is 0 Å². The molecule has 0 N–H and O–H groups in total. The summed E-state index contributed by atoms with van der Waals surface area (Å²) < 4.78 is 18.1. The molecule has 4 heteroatoms. The monoisotopic (exact) mass is 508 g/mol. The van der Waals surface area contributed by atoms with Crippen LogP contribution in [0.3, 0.4) is 0 Å². The molecule has 0 atom stereocenters. The zero-order valence-electron chi connectivity index (χ0n) is 18.1. The van der Waals surface area contributed by atoms with Crippen LogP contribution in [0.25, 0.3) is 0 Å². The van der Waals surface area contributed by atoms with Crippen LogP contribution in [0, 0.1) is 6.92 Å². The van der Waals surface area contributed by atoms with Gasteiger partial charge in [-0.15, -0.1) is 0 Å². The Kier molecular flexibility index (Phi) is 8.61. The average Bonchev–Trinajstić information content (AvgIpc) is 2.84. The van der Waals surface area contributed by atoms with E-state index in [0.29, 0.717) is 5.75 Å². The summed E-state index contributed by atoms with van der Waals surface area (Å²) in [4.78, 5) is 0. The lowest BCUT2D eigenvalue weighted by Gasteiger charge is -2.28. The highest BCUT2D eigenvalue weighted by atomic mass is 79.9. The molecule has 0 aliphatic carbocycles. The van der Waals surface area contributed by atoms with E-state index in [0.717, 1.165) is 6.16 Å². The molecule has 0 bridgehead atoms. The number of rotatable bonds is 8. The van der Waals surface area contributed by atoms with Crippen LogP contribution in [0.4, 0.5) is 4.39 Å². The van der Waals surface area contributed by atoms with Gasteiger partial charge in [-0.25, -0.2) is 4.39 Å². The molecular weight excluding hydrogens is 482 g/mol. The molecule has 0 aliphatic rings. The van der Waals surface area contributed by atoms with Crippen LogP contribution < -0.4 is 37.6 Å². The number of benzene rings is 4. The molecule has 0 spiro atoms. The molecule has 0 unspecified atom stereocenters. The molecule has 0 saturated carbocycles.